The monoisotopic (exact) mass is 775 g/mol. The molecule has 6 nitrogen and oxygen atoms in total. The third kappa shape index (κ3) is 9.00. The van der Waals surface area contributed by atoms with E-state index in [0.29, 0.717) is 0 Å². The van der Waals surface area contributed by atoms with Gasteiger partial charge in [-0.15, -0.1) is 11.8 Å². The summed E-state index contributed by atoms with van der Waals surface area (Å²) in [5.74, 6) is -6.76. The van der Waals surface area contributed by atoms with Crippen LogP contribution in [-0.2, 0) is 34.4 Å². The Bertz CT molecular complexity index is 3350. The normalized spacial score (nSPS) is 22.5. The number of methoxy groups -OCH3 is 1. The van der Waals surface area contributed by atoms with Crippen LogP contribution >= 0.6 is 11.8 Å². The Labute approximate surface area is 345 Å². The number of aromatic nitrogens is 1. The predicted octanol–water partition coefficient (Wildman–Crippen LogP) is 8.71. The van der Waals surface area contributed by atoms with E-state index in [9.17, 15) is 23.4 Å². The summed E-state index contributed by atoms with van der Waals surface area (Å²) >= 11 is -0.659. The molecule has 53 heavy (non-hydrogen) atoms. The van der Waals surface area contributed by atoms with Gasteiger partial charge in [0.2, 0.25) is 5.91 Å². The van der Waals surface area contributed by atoms with Crippen molar-refractivity contribution in [1.82, 2.24) is 14.4 Å². The number of hydrogen-bond acceptors (Lipinski definition) is 5. The van der Waals surface area contributed by atoms with Crippen LogP contribution in [0.5, 0.6) is 0 Å². The molecule has 0 spiro atoms. The lowest BCUT2D eigenvalue weighted by Gasteiger charge is -2.39. The number of pyridine rings is 1. The molecule has 1 aliphatic heterocycles. The Balaban J connectivity index is 1.69. The molecule has 12 heteroatoms. The number of ether oxygens (including phenoxy) is 1. The van der Waals surface area contributed by atoms with E-state index in [4.69, 9.17) is 30.2 Å². The van der Waals surface area contributed by atoms with Gasteiger partial charge in [0, 0.05) is 67.3 Å². The number of fused-ring (bicyclic) bond motifs is 1. The average Bonchev–Trinajstić information content (AvgIpc) is 3.46. The van der Waals surface area contributed by atoms with Crippen molar-refractivity contribution in [2.24, 2.45) is 0 Å². The fourth-order valence-corrected chi connectivity index (χ4v) is 5.77. The third-order valence-corrected chi connectivity index (χ3v) is 8.35. The van der Waals surface area contributed by atoms with Crippen molar-refractivity contribution in [2.75, 3.05) is 33.2 Å². The largest absolute Gasteiger partial charge is 0.416 e. The Morgan fingerprint density at radius 3 is 2.47 bits per heavy atom. The summed E-state index contributed by atoms with van der Waals surface area (Å²) in [5.41, 5.74) is -15.0. The molecule has 0 atom stereocenters. The molecule has 5 aromatic rings. The molecule has 0 radical (unpaired) electrons. The number of thioether (sulfide) groups is 1. The van der Waals surface area contributed by atoms with Crippen molar-refractivity contribution < 1.29 is 67.1 Å². The third-order valence-electron chi connectivity index (χ3n) is 7.57. The topological polar surface area (TPSA) is 54.8 Å². The highest BCUT2D eigenvalue weighted by Gasteiger charge is 2.32. The summed E-state index contributed by atoms with van der Waals surface area (Å²) < 4.78 is 301. The van der Waals surface area contributed by atoms with Crippen molar-refractivity contribution in [3.63, 3.8) is 0 Å². The van der Waals surface area contributed by atoms with Crippen LogP contribution in [0.4, 0.5) is 22.0 Å². The zero-order valence-electron chi connectivity index (χ0n) is 53.0. The van der Waals surface area contributed by atoms with Gasteiger partial charge in [0.15, 0.2) is 17.1 Å². The van der Waals surface area contributed by atoms with Gasteiger partial charge in [-0.2, -0.15) is 13.2 Å². The summed E-state index contributed by atoms with van der Waals surface area (Å²) in [6, 6.07) is -23.1. The SMILES string of the molecule is [2H]c1c([2H])c(F)c(F)c(C([2H])([2H])Sc2c([2H])c(=O)c3c([2H])c([2H])c([2H])c([2H])c3n2C([2H])([2H])C(=O)N(C2CCN(C([2H])([2H])COC([2H])([2H])[2H])CC2)C([2H])([2H])c2c([2H])c([2H])c(-c3c([2H])c([2H])c(C(F)(F)F)c(C)c3[2H])c([2H])c2[2H])c1[2H]. The quantitative estimate of drug-likeness (QED) is 0.0939. The molecular weight excluding hydrogens is 710 g/mol. The van der Waals surface area contributed by atoms with Crippen LogP contribution in [0.1, 0.15) is 70.7 Å². The molecule has 0 N–H and O–H groups in total. The van der Waals surface area contributed by atoms with Gasteiger partial charge in [-0.3, -0.25) is 9.59 Å². The average molecular weight is 776 g/mol. The second kappa shape index (κ2) is 16.7. The number of hydrogen-bond donors (Lipinski definition) is 0. The van der Waals surface area contributed by atoms with Gasteiger partial charge in [-0.25, -0.2) is 8.78 Å². The van der Waals surface area contributed by atoms with Gasteiger partial charge in [0.25, 0.3) is 0 Å². The number of para-hydroxylation sites is 1. The molecule has 0 saturated carbocycles. The molecule has 4 aromatic carbocycles. The molecule has 2 heterocycles. The second-order valence-corrected chi connectivity index (χ2v) is 11.8. The van der Waals surface area contributed by atoms with Crippen LogP contribution in [-0.4, -0.2) is 59.5 Å². The summed E-state index contributed by atoms with van der Waals surface area (Å²) in [7, 11) is -3.12. The van der Waals surface area contributed by atoms with Crippen molar-refractivity contribution >= 4 is 28.6 Å². The first-order chi connectivity index (χ1) is 35.8. The number of likely N-dealkylation sites (tertiary alicyclic amines) is 1. The number of rotatable bonds is 12. The zero-order chi connectivity index (χ0) is 60.4. The van der Waals surface area contributed by atoms with Gasteiger partial charge in [0.1, 0.15) is 6.50 Å². The molecule has 1 amide bonds. The molecule has 6 rings (SSSR count). The van der Waals surface area contributed by atoms with E-state index in [0.717, 1.165) is 11.8 Å². The lowest BCUT2D eigenvalue weighted by molar-refractivity contribution is -0.138. The van der Waals surface area contributed by atoms with E-state index in [1.807, 2.05) is 0 Å². The number of amides is 1. The summed E-state index contributed by atoms with van der Waals surface area (Å²) in [6.07, 6.45) is -6.72. The van der Waals surface area contributed by atoms with Crippen molar-refractivity contribution in [3.05, 3.63) is 135 Å². The number of carbonyl (C=O) groups is 1. The lowest BCUT2D eigenvalue weighted by Crippen LogP contribution is -2.48. The molecule has 1 saturated heterocycles. The maximum Gasteiger partial charge on any atom is 0.416 e. The fraction of sp³-hybridized carbons (Fsp3) is 0.317. The number of alkyl halides is 3. The van der Waals surface area contributed by atoms with Gasteiger partial charge in [-0.1, -0.05) is 60.4 Å². The summed E-state index contributed by atoms with van der Waals surface area (Å²) in [6.45, 7) is -12.6. The molecule has 0 aliphatic carbocycles. The van der Waals surface area contributed by atoms with E-state index < -0.39 is 252 Å². The standard InChI is InChI=1S/C41H40F5N3O3S/c1-27-22-30(14-15-34(27)41(44,45)46)29-12-10-28(11-13-29)24-48(32-16-18-47(19-17-32)20-21-52-2)38(51)25-49-36-9-4-3-7-33(36)37(50)23-39(49)53-26-31-6-5-8-35(42)40(31)43/h3-15,22-23,32H,16-21,24-26H2,1-2H3/i2D3,3D,4D,5D,6D,7D,8D,9D,10D,11D,12D,13D,14D,15D,20D2,22D,23D,24D2,25D2,26D2. The molecule has 278 valence electrons. The van der Waals surface area contributed by atoms with E-state index in [-0.39, 0.29) is 9.47 Å². The molecule has 0 unspecified atom stereocenters. The molecule has 1 fully saturated rings. The van der Waals surface area contributed by atoms with Gasteiger partial charge in [-0.05, 0) is 66.2 Å². The van der Waals surface area contributed by atoms with Gasteiger partial charge >= 0.3 is 6.18 Å². The van der Waals surface area contributed by atoms with Crippen molar-refractivity contribution in [2.45, 2.75) is 55.7 Å². The van der Waals surface area contributed by atoms with Crippen LogP contribution < -0.4 is 5.43 Å². The highest BCUT2D eigenvalue weighted by molar-refractivity contribution is 7.98. The van der Waals surface area contributed by atoms with E-state index >= 15 is 13.6 Å². The zero-order valence-corrected chi connectivity index (χ0v) is 27.8. The molecule has 1 aliphatic rings. The first-order valence-electron chi connectivity index (χ1n) is 28.2. The fourth-order valence-electron chi connectivity index (χ4n) is 5.06. The van der Waals surface area contributed by atoms with Gasteiger partial charge in [0.05, 0.1) is 52.9 Å². The predicted molar refractivity (Wildman–Crippen MR) is 198 cm³/mol. The Hall–Kier alpha value is -4.52. The van der Waals surface area contributed by atoms with E-state index in [1.165, 1.54) is 0 Å². The van der Waals surface area contributed by atoms with Gasteiger partial charge < -0.3 is 19.1 Å². The first kappa shape index (κ1) is 17.3. The molecular formula is C41H40F5N3O3S. The minimum Gasteiger partial charge on any atom is -0.383 e. The van der Waals surface area contributed by atoms with Crippen molar-refractivity contribution in [1.29, 1.82) is 0 Å². The smallest absolute Gasteiger partial charge is 0.383 e. The van der Waals surface area contributed by atoms with Crippen LogP contribution in [0.15, 0.2) is 100 Å². The number of carbonyl (C=O) groups excluding carboxylic acids is 1. The first-order valence-corrected chi connectivity index (χ1v) is 16.0. The number of piperidine rings is 1. The summed E-state index contributed by atoms with van der Waals surface area (Å²) in [5, 5.41) is -2.81. The molecule has 1 aromatic heterocycles. The maximum atomic E-state index is 15.7. The minimum atomic E-state index is -5.32. The second-order valence-electron chi connectivity index (χ2n) is 11.0. The van der Waals surface area contributed by atoms with Crippen LogP contribution in [0.2, 0.25) is 0 Å². The van der Waals surface area contributed by atoms with E-state index in [1.54, 1.807) is 0 Å². The van der Waals surface area contributed by atoms with E-state index in [2.05, 4.69) is 4.74 Å². The summed E-state index contributed by atoms with van der Waals surface area (Å²) in [4.78, 5) is 30.6. The van der Waals surface area contributed by atoms with Crippen molar-refractivity contribution in [3.8, 4) is 11.1 Å². The highest BCUT2D eigenvalue weighted by atomic mass is 32.2. The minimum absolute atomic E-state index is 0.0720. The number of benzene rings is 4. The Morgan fingerprint density at radius 1 is 1.00 bits per heavy atom. The van der Waals surface area contributed by atoms with Crippen LogP contribution in [0.25, 0.3) is 22.0 Å². The maximum absolute atomic E-state index is 15.7. The number of nitrogens with zero attached hydrogens (tertiary/aromatic N) is 3. The van der Waals surface area contributed by atoms with Crippen LogP contribution in [0.3, 0.4) is 0 Å². The lowest BCUT2D eigenvalue weighted by atomic mass is 9.98. The Morgan fingerprint density at radius 2 is 1.74 bits per heavy atom. The highest BCUT2D eigenvalue weighted by Crippen LogP contribution is 2.34. The van der Waals surface area contributed by atoms with Crippen LogP contribution in [0, 0.1) is 18.6 Å². The molecule has 0 bridgehead atoms. The number of halogens is 5. The Kier molecular flexibility index (Phi) is 5.44.